The Labute approximate surface area is 190 Å². The molecule has 0 aliphatic heterocycles. The zero-order valence-electron chi connectivity index (χ0n) is 16.6. The number of rotatable bonds is 10. The van der Waals surface area contributed by atoms with Crippen molar-refractivity contribution in [2.45, 2.75) is 44.8 Å². The largest absolute Gasteiger partial charge is 0.489 e. The Bertz CT molecular complexity index is 768. The number of pyridine rings is 1. The van der Waals surface area contributed by atoms with Gasteiger partial charge in [-0.05, 0) is 56.9 Å². The summed E-state index contributed by atoms with van der Waals surface area (Å²) >= 11 is 5.98. The van der Waals surface area contributed by atoms with Crippen molar-refractivity contribution in [2.24, 2.45) is 0 Å². The van der Waals surface area contributed by atoms with E-state index in [0.29, 0.717) is 17.3 Å². The fourth-order valence-corrected chi connectivity index (χ4v) is 2.95. The van der Waals surface area contributed by atoms with E-state index in [4.69, 9.17) is 21.6 Å². The van der Waals surface area contributed by atoms with Crippen molar-refractivity contribution in [1.29, 1.82) is 5.26 Å². The maximum atomic E-state index is 10.2. The maximum Gasteiger partial charge on any atom is 0.138 e. The number of benzene rings is 1. The Morgan fingerprint density at radius 1 is 1.28 bits per heavy atom. The van der Waals surface area contributed by atoms with E-state index >= 15 is 0 Å². The van der Waals surface area contributed by atoms with Gasteiger partial charge >= 0.3 is 0 Å². The second kappa shape index (κ2) is 13.6. The molecule has 0 fully saturated rings. The smallest absolute Gasteiger partial charge is 0.138 e. The second-order valence-electron chi connectivity index (χ2n) is 7.17. The standard InChI is InChI=1S/C21H26ClN3O2.2ClH/c1-21(2,10-4-6-16-7-5-11-24-13-16)25-14-17(26)15-27-20-9-3-8-19(22)18(20)12-23;;/h3,5,7-9,11,13,17,25-26H,4,6,10,14-15H2,1-2H3;2*1H/t17-;;/m1../s1. The predicted octanol–water partition coefficient (Wildman–Crippen LogP) is 4.58. The molecule has 0 saturated carbocycles. The number of ether oxygens (including phenoxy) is 1. The van der Waals surface area contributed by atoms with Gasteiger partial charge in [0.2, 0.25) is 0 Å². The van der Waals surface area contributed by atoms with Crippen LogP contribution in [0.4, 0.5) is 0 Å². The zero-order chi connectivity index (χ0) is 19.7. The molecule has 2 N–H and O–H groups in total. The maximum absolute atomic E-state index is 10.2. The van der Waals surface area contributed by atoms with E-state index in [9.17, 15) is 5.11 Å². The number of aryl methyl sites for hydroxylation is 1. The minimum absolute atomic E-state index is 0. The molecule has 0 radical (unpaired) electrons. The minimum Gasteiger partial charge on any atom is -0.489 e. The number of aliphatic hydroxyl groups is 1. The summed E-state index contributed by atoms with van der Waals surface area (Å²) in [7, 11) is 0. The van der Waals surface area contributed by atoms with E-state index in [1.807, 2.05) is 18.3 Å². The van der Waals surface area contributed by atoms with Crippen LogP contribution in [0.3, 0.4) is 0 Å². The molecule has 2 rings (SSSR count). The van der Waals surface area contributed by atoms with E-state index in [-0.39, 0.29) is 42.5 Å². The SMILES string of the molecule is CC(C)(CCCc1cccnc1)NC[C@@H](O)COc1cccc(Cl)c1C#N.Cl.Cl. The second-order valence-corrected chi connectivity index (χ2v) is 7.58. The Hall–Kier alpha value is -1.55. The van der Waals surface area contributed by atoms with Crippen LogP contribution in [-0.2, 0) is 6.42 Å². The van der Waals surface area contributed by atoms with Crippen LogP contribution in [-0.4, -0.2) is 34.9 Å². The number of hydrogen-bond donors (Lipinski definition) is 2. The average molecular weight is 461 g/mol. The quantitative estimate of drug-likeness (QED) is 0.542. The normalized spacial score (nSPS) is 11.6. The van der Waals surface area contributed by atoms with Crippen LogP contribution < -0.4 is 10.1 Å². The van der Waals surface area contributed by atoms with Crippen LogP contribution in [0.15, 0.2) is 42.7 Å². The first kappa shape index (κ1) is 27.5. The molecular weight excluding hydrogens is 433 g/mol. The van der Waals surface area contributed by atoms with Gasteiger partial charge < -0.3 is 15.2 Å². The molecular formula is C21H28Cl3N3O2. The number of aromatic nitrogens is 1. The first-order valence-electron chi connectivity index (χ1n) is 9.05. The van der Waals surface area contributed by atoms with Gasteiger partial charge in [0.1, 0.15) is 30.1 Å². The molecule has 8 heteroatoms. The molecule has 1 aromatic heterocycles. The van der Waals surface area contributed by atoms with E-state index in [2.05, 4.69) is 30.2 Å². The highest BCUT2D eigenvalue weighted by Crippen LogP contribution is 2.25. The summed E-state index contributed by atoms with van der Waals surface area (Å²) in [6.07, 6.45) is 5.98. The van der Waals surface area contributed by atoms with Gasteiger partial charge in [-0.2, -0.15) is 5.26 Å². The Balaban J connectivity index is 0.00000392. The Morgan fingerprint density at radius 3 is 2.69 bits per heavy atom. The van der Waals surface area contributed by atoms with Gasteiger partial charge in [-0.3, -0.25) is 4.98 Å². The summed E-state index contributed by atoms with van der Waals surface area (Å²) in [5, 5.41) is 23.1. The molecule has 0 bridgehead atoms. The summed E-state index contributed by atoms with van der Waals surface area (Å²) in [6, 6.07) is 11.1. The topological polar surface area (TPSA) is 78.2 Å². The van der Waals surface area contributed by atoms with Crippen LogP contribution >= 0.6 is 36.4 Å². The van der Waals surface area contributed by atoms with Gasteiger partial charge in [0, 0.05) is 24.5 Å². The van der Waals surface area contributed by atoms with Gasteiger partial charge in [-0.15, -0.1) is 24.8 Å². The van der Waals surface area contributed by atoms with E-state index < -0.39 is 6.10 Å². The molecule has 29 heavy (non-hydrogen) atoms. The van der Waals surface area contributed by atoms with Gasteiger partial charge in [0.05, 0.1) is 5.02 Å². The Morgan fingerprint density at radius 2 is 2.03 bits per heavy atom. The fraction of sp³-hybridized carbons (Fsp3) is 0.429. The molecule has 0 unspecified atom stereocenters. The number of nitrogens with one attached hydrogen (secondary N) is 1. The highest BCUT2D eigenvalue weighted by atomic mass is 35.5. The summed E-state index contributed by atoms with van der Waals surface area (Å²) in [5.41, 5.74) is 1.42. The van der Waals surface area contributed by atoms with E-state index in [1.54, 1.807) is 24.4 Å². The van der Waals surface area contributed by atoms with Crippen LogP contribution in [0.25, 0.3) is 0 Å². The Kier molecular flexibility index (Phi) is 12.9. The molecule has 1 heterocycles. The third-order valence-electron chi connectivity index (χ3n) is 4.32. The number of β-amino-alcohol motifs (C(OH)–C–C–N with tert-alkyl or cyclic N) is 1. The molecule has 0 spiro atoms. The lowest BCUT2D eigenvalue weighted by atomic mass is 9.95. The fourth-order valence-electron chi connectivity index (χ4n) is 2.74. The third-order valence-corrected chi connectivity index (χ3v) is 4.64. The molecule has 0 aliphatic carbocycles. The molecule has 0 saturated heterocycles. The van der Waals surface area contributed by atoms with Gasteiger partial charge in [0.25, 0.3) is 0 Å². The lowest BCUT2D eigenvalue weighted by Gasteiger charge is -2.28. The van der Waals surface area contributed by atoms with Gasteiger partial charge in [-0.25, -0.2) is 0 Å². The van der Waals surface area contributed by atoms with Crippen LogP contribution in [0.5, 0.6) is 5.75 Å². The van der Waals surface area contributed by atoms with Crippen molar-refractivity contribution >= 4 is 36.4 Å². The predicted molar refractivity (Wildman–Crippen MR) is 121 cm³/mol. The molecule has 2 aromatic rings. The summed E-state index contributed by atoms with van der Waals surface area (Å²) in [4.78, 5) is 4.13. The summed E-state index contributed by atoms with van der Waals surface area (Å²) in [6.45, 7) is 4.74. The van der Waals surface area contributed by atoms with Crippen LogP contribution in [0, 0.1) is 11.3 Å². The number of nitriles is 1. The van der Waals surface area contributed by atoms with Crippen LogP contribution in [0.2, 0.25) is 5.02 Å². The first-order valence-corrected chi connectivity index (χ1v) is 9.42. The van der Waals surface area contributed by atoms with Crippen molar-refractivity contribution < 1.29 is 9.84 Å². The summed E-state index contributed by atoms with van der Waals surface area (Å²) in [5.74, 6) is 0.389. The highest BCUT2D eigenvalue weighted by molar-refractivity contribution is 6.31. The van der Waals surface area contributed by atoms with E-state index in [1.165, 1.54) is 5.56 Å². The van der Waals surface area contributed by atoms with Gasteiger partial charge in [0.15, 0.2) is 0 Å². The van der Waals surface area contributed by atoms with Crippen molar-refractivity contribution in [3.8, 4) is 11.8 Å². The van der Waals surface area contributed by atoms with Crippen molar-refractivity contribution in [3.63, 3.8) is 0 Å². The molecule has 0 aliphatic rings. The molecule has 5 nitrogen and oxygen atoms in total. The number of halogens is 3. The minimum atomic E-state index is -0.687. The molecule has 1 aromatic carbocycles. The molecule has 0 amide bonds. The van der Waals surface area contributed by atoms with Crippen molar-refractivity contribution in [3.05, 3.63) is 58.9 Å². The first-order chi connectivity index (χ1) is 12.9. The molecule has 1 atom stereocenters. The summed E-state index contributed by atoms with van der Waals surface area (Å²) < 4.78 is 5.57. The van der Waals surface area contributed by atoms with Crippen molar-refractivity contribution in [2.75, 3.05) is 13.2 Å². The lowest BCUT2D eigenvalue weighted by Crippen LogP contribution is -2.44. The zero-order valence-corrected chi connectivity index (χ0v) is 19.0. The van der Waals surface area contributed by atoms with Crippen molar-refractivity contribution in [1.82, 2.24) is 10.3 Å². The average Bonchev–Trinajstić information content (AvgIpc) is 2.65. The third kappa shape index (κ3) is 9.66. The van der Waals surface area contributed by atoms with E-state index in [0.717, 1.165) is 19.3 Å². The number of aliphatic hydroxyl groups excluding tert-OH is 1. The number of hydrogen-bond acceptors (Lipinski definition) is 5. The highest BCUT2D eigenvalue weighted by Gasteiger charge is 2.19. The molecule has 160 valence electrons. The lowest BCUT2D eigenvalue weighted by molar-refractivity contribution is 0.0978. The number of nitrogens with zero attached hydrogens (tertiary/aromatic N) is 2. The van der Waals surface area contributed by atoms with Crippen LogP contribution in [0.1, 0.15) is 37.8 Å². The van der Waals surface area contributed by atoms with Gasteiger partial charge in [-0.1, -0.05) is 23.7 Å². The monoisotopic (exact) mass is 459 g/mol.